The molecule has 6 aromatic carbocycles. The summed E-state index contributed by atoms with van der Waals surface area (Å²) in [5, 5.41) is 0. The number of hydrogen-bond acceptors (Lipinski definition) is 14. The van der Waals surface area contributed by atoms with E-state index in [1.165, 1.54) is 7.11 Å². The molecule has 0 N–H and O–H groups in total. The molecule has 15 nitrogen and oxygen atoms in total. The molecule has 10 rings (SSSR count). The quantitative estimate of drug-likeness (QED) is 0.0650. The van der Waals surface area contributed by atoms with E-state index >= 15 is 0 Å². The monoisotopic (exact) mass is 963 g/mol. The van der Waals surface area contributed by atoms with Crippen LogP contribution in [-0.4, -0.2) is 105 Å². The van der Waals surface area contributed by atoms with Crippen LogP contribution in [0.15, 0.2) is 170 Å². The molecule has 3 fully saturated rings. The van der Waals surface area contributed by atoms with Crippen molar-refractivity contribution in [1.29, 1.82) is 0 Å². The number of benzene rings is 6. The van der Waals surface area contributed by atoms with Gasteiger partial charge in [0, 0.05) is 5.56 Å². The molecular weight excluding hydrogens is 911 g/mol. The van der Waals surface area contributed by atoms with Crippen molar-refractivity contribution in [2.75, 3.05) is 20.8 Å². The normalized spacial score (nSPS) is 27.1. The van der Waals surface area contributed by atoms with Gasteiger partial charge >= 0.3 is 5.97 Å². The third kappa shape index (κ3) is 10.5. The number of esters is 1. The maximum atomic E-state index is 14.8. The van der Waals surface area contributed by atoms with Crippen LogP contribution in [0.25, 0.3) is 0 Å². The minimum atomic E-state index is -1.50. The zero-order chi connectivity index (χ0) is 48.7. The summed E-state index contributed by atoms with van der Waals surface area (Å²) < 4.78 is 72.0. The fourth-order valence-electron chi connectivity index (χ4n) is 9.36. The number of carbonyl (C=O) groups is 3. The molecule has 0 aliphatic carbocycles. The third-order valence-corrected chi connectivity index (χ3v) is 12.9. The van der Waals surface area contributed by atoms with Crippen LogP contribution in [0.1, 0.15) is 49.3 Å². The van der Waals surface area contributed by atoms with Crippen LogP contribution in [-0.2, 0) is 67.2 Å². The van der Waals surface area contributed by atoms with Gasteiger partial charge in [0.1, 0.15) is 54.2 Å². The number of amides is 2. The summed E-state index contributed by atoms with van der Waals surface area (Å²) in [4.78, 5) is 44.8. The summed E-state index contributed by atoms with van der Waals surface area (Å²) in [7, 11) is 2.81. The second-order valence-electron chi connectivity index (χ2n) is 17.4. The summed E-state index contributed by atoms with van der Waals surface area (Å²) in [6, 6.07) is 50.0. The van der Waals surface area contributed by atoms with Crippen molar-refractivity contribution in [3.8, 4) is 11.5 Å². The van der Waals surface area contributed by atoms with E-state index in [1.807, 2.05) is 121 Å². The van der Waals surface area contributed by atoms with Crippen LogP contribution < -0.4 is 9.47 Å². The van der Waals surface area contributed by atoms with Gasteiger partial charge in [-0.3, -0.25) is 14.5 Å². The van der Waals surface area contributed by atoms with Crippen molar-refractivity contribution in [1.82, 2.24) is 4.90 Å². The minimum absolute atomic E-state index is 0.0101. The fraction of sp³-hybridized carbons (Fsp3) is 0.304. The Morgan fingerprint density at radius 3 is 1.61 bits per heavy atom. The molecule has 4 aliphatic rings. The van der Waals surface area contributed by atoms with E-state index in [0.717, 1.165) is 21.6 Å². The molecule has 3 saturated heterocycles. The second-order valence-corrected chi connectivity index (χ2v) is 17.4. The zero-order valence-corrected chi connectivity index (χ0v) is 39.0. The largest absolute Gasteiger partial charge is 0.497 e. The van der Waals surface area contributed by atoms with E-state index < -0.39 is 85.4 Å². The minimum Gasteiger partial charge on any atom is -0.497 e. The van der Waals surface area contributed by atoms with E-state index in [4.69, 9.17) is 52.1 Å². The topological polar surface area (TPSA) is 156 Å². The number of methoxy groups -OCH3 is 2. The molecule has 2 amide bonds. The molecular formula is C56H53NO14. The summed E-state index contributed by atoms with van der Waals surface area (Å²) in [6.07, 6.45) is -11.9. The van der Waals surface area contributed by atoms with E-state index in [9.17, 15) is 14.4 Å². The highest BCUT2D eigenvalue weighted by Gasteiger charge is 2.60. The average Bonchev–Trinajstić information content (AvgIpc) is 3.67. The maximum Gasteiger partial charge on any atom is 0.337 e. The molecule has 0 aromatic heterocycles. The number of carbonyl (C=O) groups excluding carboxylic acids is 3. The highest BCUT2D eigenvalue weighted by atomic mass is 16.8. The Balaban J connectivity index is 1.10. The first-order valence-corrected chi connectivity index (χ1v) is 23.5. The van der Waals surface area contributed by atoms with Crippen LogP contribution >= 0.6 is 0 Å². The van der Waals surface area contributed by atoms with Gasteiger partial charge in [-0.1, -0.05) is 133 Å². The number of hydrogen-bond donors (Lipinski definition) is 0. The van der Waals surface area contributed by atoms with Gasteiger partial charge in [0.2, 0.25) is 6.29 Å². The van der Waals surface area contributed by atoms with Gasteiger partial charge in [0.25, 0.3) is 11.8 Å². The number of rotatable bonds is 17. The summed E-state index contributed by atoms with van der Waals surface area (Å²) >= 11 is 0. The Hall–Kier alpha value is -6.79. The molecule has 0 radical (unpaired) electrons. The number of imide groups is 1. The number of ether oxygens (including phenoxy) is 11. The lowest BCUT2D eigenvalue weighted by atomic mass is 9.93. The molecule has 71 heavy (non-hydrogen) atoms. The molecule has 15 heteroatoms. The predicted molar refractivity (Wildman–Crippen MR) is 254 cm³/mol. The molecule has 6 aromatic rings. The van der Waals surface area contributed by atoms with Gasteiger partial charge in [-0.2, -0.15) is 0 Å². The third-order valence-electron chi connectivity index (χ3n) is 12.9. The molecule has 0 bridgehead atoms. The van der Waals surface area contributed by atoms with E-state index in [-0.39, 0.29) is 37.6 Å². The maximum absolute atomic E-state index is 14.8. The van der Waals surface area contributed by atoms with E-state index in [0.29, 0.717) is 17.1 Å². The zero-order valence-electron chi connectivity index (χ0n) is 39.0. The van der Waals surface area contributed by atoms with Crippen molar-refractivity contribution in [3.63, 3.8) is 0 Å². The molecule has 0 spiro atoms. The van der Waals surface area contributed by atoms with Crippen LogP contribution in [0.2, 0.25) is 0 Å². The van der Waals surface area contributed by atoms with Gasteiger partial charge < -0.3 is 52.1 Å². The van der Waals surface area contributed by atoms with Crippen LogP contribution in [0.3, 0.4) is 0 Å². The Labute approximate surface area is 410 Å². The highest BCUT2D eigenvalue weighted by molar-refractivity contribution is 6.21. The lowest BCUT2D eigenvalue weighted by molar-refractivity contribution is -0.379. The SMILES string of the molecule is COC(=O)[C@H]1O[C@H](O[C@H]2[C@@H]3O[C@H](c4ccccc4)OC[C@H]3O[C@@H](Oc3ccc(OC)cc3)[C@@H]2N2C(=O)c3ccccc3C2=O)[C@H](OCc2ccccc2)[C@@H](OCc2ccccc2)[C@@H]1OCc1ccccc1. The van der Waals surface area contributed by atoms with Crippen LogP contribution in [0, 0.1) is 0 Å². The van der Waals surface area contributed by atoms with Crippen molar-refractivity contribution >= 4 is 17.8 Å². The van der Waals surface area contributed by atoms with Gasteiger partial charge in [0.05, 0.1) is 51.8 Å². The van der Waals surface area contributed by atoms with E-state index in [2.05, 4.69) is 0 Å². The molecule has 366 valence electrons. The summed E-state index contributed by atoms with van der Waals surface area (Å²) in [5.41, 5.74) is 3.58. The summed E-state index contributed by atoms with van der Waals surface area (Å²) in [5.74, 6) is -1.05. The standard InChI is InChI=1S/C56H53NO14/c1-61-39-27-29-40(30-28-39)67-55-44(57-51(58)41-25-15-16-26-42(41)52(57)59)46(45-43(68-55)34-66-54(69-45)38-23-13-6-14-24-38)70-56-50(65-33-37-21-11-5-12-22-37)48(64-32-36-19-9-4-10-20-36)47(49(71-56)53(60)62-2)63-31-35-17-7-3-8-18-35/h3-30,43-50,54-56H,31-34H2,1-2H3/t43-,44-,45-,46-,47+,48+,49+,50-,54-,55-,56+/m1/s1. The molecule has 4 heterocycles. The van der Waals surface area contributed by atoms with Crippen LogP contribution in [0.4, 0.5) is 0 Å². The summed E-state index contributed by atoms with van der Waals surface area (Å²) in [6.45, 7) is 0.206. The fourth-order valence-corrected chi connectivity index (χ4v) is 9.36. The Morgan fingerprint density at radius 1 is 0.549 bits per heavy atom. The van der Waals surface area contributed by atoms with Gasteiger partial charge in [-0.15, -0.1) is 0 Å². The molecule has 4 aliphatic heterocycles. The van der Waals surface area contributed by atoms with Crippen molar-refractivity contribution < 1.29 is 66.5 Å². The lowest BCUT2D eigenvalue weighted by Crippen LogP contribution is -2.71. The second kappa shape index (κ2) is 22.1. The van der Waals surface area contributed by atoms with Gasteiger partial charge in [-0.05, 0) is 53.1 Å². The molecule has 11 atom stereocenters. The first kappa shape index (κ1) is 47.9. The molecule has 0 saturated carbocycles. The highest BCUT2D eigenvalue weighted by Crippen LogP contribution is 2.42. The van der Waals surface area contributed by atoms with Gasteiger partial charge in [0.15, 0.2) is 18.7 Å². The Morgan fingerprint density at radius 2 is 1.06 bits per heavy atom. The smallest absolute Gasteiger partial charge is 0.337 e. The van der Waals surface area contributed by atoms with Crippen molar-refractivity contribution in [3.05, 3.63) is 203 Å². The van der Waals surface area contributed by atoms with Gasteiger partial charge in [-0.25, -0.2) is 4.79 Å². The first-order chi connectivity index (χ1) is 34.9. The number of fused-ring (bicyclic) bond motifs is 2. The van der Waals surface area contributed by atoms with E-state index in [1.54, 1.807) is 55.6 Å². The van der Waals surface area contributed by atoms with Crippen molar-refractivity contribution in [2.45, 2.75) is 87.5 Å². The first-order valence-electron chi connectivity index (χ1n) is 23.5. The lowest BCUT2D eigenvalue weighted by Gasteiger charge is -2.52. The molecule has 0 unspecified atom stereocenters. The van der Waals surface area contributed by atoms with Crippen LogP contribution in [0.5, 0.6) is 11.5 Å². The Bertz CT molecular complexity index is 2680. The Kier molecular flexibility index (Phi) is 14.9. The van der Waals surface area contributed by atoms with Crippen molar-refractivity contribution in [2.24, 2.45) is 0 Å². The number of nitrogens with zero attached hydrogens (tertiary/aromatic N) is 1. The average molecular weight is 964 g/mol. The predicted octanol–water partition coefficient (Wildman–Crippen LogP) is 7.62.